The lowest BCUT2D eigenvalue weighted by Gasteiger charge is -2.14. The Morgan fingerprint density at radius 2 is 1.75 bits per heavy atom. The van der Waals surface area contributed by atoms with Crippen molar-refractivity contribution in [1.29, 1.82) is 0 Å². The Hall–Kier alpha value is -1.90. The zero-order chi connectivity index (χ0) is 21.6. The topological polar surface area (TPSA) is 35.5 Å². The summed E-state index contributed by atoms with van der Waals surface area (Å²) in [6.45, 7) is 3.23. The number of carbonyl (C=O) groups excluding carboxylic acids is 1. The molecule has 0 bridgehead atoms. The number of carbonyl (C=O) groups is 1. The van der Waals surface area contributed by atoms with Crippen LogP contribution in [0, 0.1) is 41.6 Å². The third-order valence-corrected chi connectivity index (χ3v) is 5.25. The maximum absolute atomic E-state index is 14.1. The normalized spacial score (nSPS) is 21.5. The largest absolute Gasteiger partial charge is 0.493 e. The summed E-state index contributed by atoms with van der Waals surface area (Å²) in [4.78, 5) is 12.3. The molecule has 10 heteroatoms. The summed E-state index contributed by atoms with van der Waals surface area (Å²) in [5.41, 5.74) is -2.12. The molecule has 1 fully saturated rings. The average Bonchev–Trinajstić information content (AvgIpc) is 3.14. The van der Waals surface area contributed by atoms with E-state index in [9.17, 15) is 31.1 Å². The van der Waals surface area contributed by atoms with Crippen LogP contribution in [-0.2, 0) is 16.1 Å². The molecule has 0 aliphatic heterocycles. The summed E-state index contributed by atoms with van der Waals surface area (Å²) in [5.74, 6) is -7.41. The van der Waals surface area contributed by atoms with E-state index in [-0.39, 0.29) is 0 Å². The van der Waals surface area contributed by atoms with Crippen molar-refractivity contribution in [3.05, 3.63) is 39.7 Å². The first-order valence-electron chi connectivity index (χ1n) is 8.06. The number of rotatable bonds is 5. The predicted molar refractivity (Wildman–Crippen MR) is 88.2 cm³/mol. The second-order valence-corrected chi connectivity index (χ2v) is 7.43. The monoisotopic (exact) mass is 430 g/mol. The van der Waals surface area contributed by atoms with Crippen LogP contribution in [0.5, 0.6) is 5.75 Å². The summed E-state index contributed by atoms with van der Waals surface area (Å²) in [6.07, 6.45) is -4.03. The van der Waals surface area contributed by atoms with Gasteiger partial charge in [0.2, 0.25) is 0 Å². The van der Waals surface area contributed by atoms with Crippen LogP contribution in [0.4, 0.5) is 26.3 Å². The van der Waals surface area contributed by atoms with Crippen LogP contribution in [0.1, 0.15) is 25.0 Å². The number of esters is 1. The molecule has 1 aliphatic rings. The van der Waals surface area contributed by atoms with Gasteiger partial charge in [0, 0.05) is 5.56 Å². The highest BCUT2D eigenvalue weighted by molar-refractivity contribution is 6.30. The van der Waals surface area contributed by atoms with Crippen molar-refractivity contribution in [2.45, 2.75) is 33.6 Å². The third-order valence-electron chi connectivity index (χ3n) is 4.91. The predicted octanol–water partition coefficient (Wildman–Crippen LogP) is 5.42. The minimum Gasteiger partial charge on any atom is -0.493 e. The van der Waals surface area contributed by atoms with Gasteiger partial charge in [0.1, 0.15) is 11.6 Å². The number of hydrogen-bond acceptors (Lipinski definition) is 3. The maximum Gasteiger partial charge on any atom is 0.426 e. The van der Waals surface area contributed by atoms with Gasteiger partial charge in [0.05, 0.1) is 18.6 Å². The van der Waals surface area contributed by atoms with Crippen LogP contribution in [0.25, 0.3) is 0 Å². The Morgan fingerprint density at radius 3 is 2.25 bits per heavy atom. The van der Waals surface area contributed by atoms with Crippen molar-refractivity contribution in [1.82, 2.24) is 0 Å². The van der Waals surface area contributed by atoms with Crippen LogP contribution in [-0.4, -0.2) is 19.3 Å². The molecule has 3 nitrogen and oxygen atoms in total. The van der Waals surface area contributed by atoms with E-state index >= 15 is 0 Å². The highest BCUT2D eigenvalue weighted by Gasteiger charge is 2.62. The van der Waals surface area contributed by atoms with E-state index in [0.717, 1.165) is 20.1 Å². The van der Waals surface area contributed by atoms with Crippen LogP contribution in [0.2, 0.25) is 0 Å². The van der Waals surface area contributed by atoms with Gasteiger partial charge in [-0.05, 0) is 18.3 Å². The van der Waals surface area contributed by atoms with Crippen LogP contribution >= 0.6 is 11.6 Å². The van der Waals surface area contributed by atoms with Crippen molar-refractivity contribution in [2.24, 2.45) is 17.3 Å². The Morgan fingerprint density at radius 1 is 1.18 bits per heavy atom. The first-order valence-corrected chi connectivity index (χ1v) is 8.44. The highest BCUT2D eigenvalue weighted by atomic mass is 35.5. The van der Waals surface area contributed by atoms with Gasteiger partial charge in [-0.25, -0.2) is 13.2 Å². The molecular formula is C18H17ClF6O3. The molecule has 0 radical (unpaired) electrons. The van der Waals surface area contributed by atoms with Crippen LogP contribution < -0.4 is 4.74 Å². The smallest absolute Gasteiger partial charge is 0.426 e. The third kappa shape index (κ3) is 3.94. The molecule has 0 N–H and O–H groups in total. The van der Waals surface area contributed by atoms with Gasteiger partial charge >= 0.3 is 12.1 Å². The molecule has 1 aliphatic carbocycles. The molecule has 0 aromatic heterocycles. The first kappa shape index (κ1) is 22.4. The second-order valence-electron chi connectivity index (χ2n) is 7.02. The molecule has 0 heterocycles. The van der Waals surface area contributed by atoms with E-state index in [2.05, 4.69) is 0 Å². The summed E-state index contributed by atoms with van der Waals surface area (Å²) in [7, 11) is 1.03. The molecule has 0 spiro atoms. The van der Waals surface area contributed by atoms with Gasteiger partial charge in [0.25, 0.3) is 0 Å². The molecule has 0 amide bonds. The molecule has 1 saturated carbocycles. The molecule has 2 unspecified atom stereocenters. The zero-order valence-electron chi connectivity index (χ0n) is 15.3. The lowest BCUT2D eigenvalue weighted by Crippen LogP contribution is -2.13. The minimum absolute atomic E-state index is 0.597. The van der Waals surface area contributed by atoms with Crippen molar-refractivity contribution < 1.29 is 40.6 Å². The minimum atomic E-state index is -4.75. The number of alkyl halides is 3. The fourth-order valence-electron chi connectivity index (χ4n) is 3.06. The molecule has 1 aromatic carbocycles. The number of allylic oxidation sites excluding steroid dienone is 2. The molecule has 28 heavy (non-hydrogen) atoms. The van der Waals surface area contributed by atoms with E-state index < -0.39 is 75.4 Å². The van der Waals surface area contributed by atoms with E-state index in [1.54, 1.807) is 0 Å². The quantitative estimate of drug-likeness (QED) is 0.355. The number of benzene rings is 1. The molecule has 2 atom stereocenters. The summed E-state index contributed by atoms with van der Waals surface area (Å²) >= 11 is 5.21. The fourth-order valence-corrected chi connectivity index (χ4v) is 3.20. The lowest BCUT2D eigenvalue weighted by molar-refractivity contribution is -0.147. The van der Waals surface area contributed by atoms with E-state index in [4.69, 9.17) is 21.1 Å². The molecule has 0 saturated heterocycles. The SMILES string of the molecule is COc1c(F)c(C)c(F)c(F)c1COC(=O)C1C(C=C(Cl)C(F)(F)F)C1(C)C. The molecule has 156 valence electrons. The maximum atomic E-state index is 14.1. The number of methoxy groups -OCH3 is 1. The van der Waals surface area contributed by atoms with Crippen molar-refractivity contribution in [2.75, 3.05) is 7.11 Å². The Labute approximate surface area is 162 Å². The molecular weight excluding hydrogens is 414 g/mol. The van der Waals surface area contributed by atoms with Gasteiger partial charge in [-0.15, -0.1) is 0 Å². The summed E-state index contributed by atoms with van der Waals surface area (Å²) < 4.78 is 89.3. The number of hydrogen-bond donors (Lipinski definition) is 0. The van der Waals surface area contributed by atoms with Crippen LogP contribution in [0.3, 0.4) is 0 Å². The fraction of sp³-hybridized carbons (Fsp3) is 0.500. The number of ether oxygens (including phenoxy) is 2. The molecule has 1 aromatic rings. The van der Waals surface area contributed by atoms with Crippen LogP contribution in [0.15, 0.2) is 11.1 Å². The van der Waals surface area contributed by atoms with Crippen molar-refractivity contribution in [3.8, 4) is 5.75 Å². The Kier molecular flexibility index (Phi) is 5.99. The zero-order valence-corrected chi connectivity index (χ0v) is 16.1. The highest BCUT2D eigenvalue weighted by Crippen LogP contribution is 2.60. The lowest BCUT2D eigenvalue weighted by atomic mass is 10.1. The summed E-state index contributed by atoms with van der Waals surface area (Å²) in [6, 6.07) is 0. The Bertz CT molecular complexity index is 832. The second kappa shape index (κ2) is 7.50. The van der Waals surface area contributed by atoms with Gasteiger partial charge < -0.3 is 9.47 Å². The Balaban J connectivity index is 2.20. The molecule has 2 rings (SSSR count). The first-order chi connectivity index (χ1) is 12.7. The average molecular weight is 431 g/mol. The van der Waals surface area contributed by atoms with E-state index in [1.165, 1.54) is 13.8 Å². The standard InChI is InChI=1S/C18H17ClF6O3/c1-7-12(20)14(22)8(15(27-4)13(7)21)6-28-16(26)11-9(17(11,2)3)5-10(19)18(23,24)25/h5,9,11H,6H2,1-4H3. The van der Waals surface area contributed by atoms with E-state index in [0.29, 0.717) is 0 Å². The summed E-state index contributed by atoms with van der Waals surface area (Å²) in [5, 5.41) is -1.36. The van der Waals surface area contributed by atoms with Crippen molar-refractivity contribution in [3.63, 3.8) is 0 Å². The van der Waals surface area contributed by atoms with Crippen molar-refractivity contribution >= 4 is 17.6 Å². The van der Waals surface area contributed by atoms with E-state index in [1.807, 2.05) is 0 Å². The number of halogens is 7. The van der Waals surface area contributed by atoms with Gasteiger partial charge in [-0.3, -0.25) is 4.79 Å². The van der Waals surface area contributed by atoms with Gasteiger partial charge in [0.15, 0.2) is 23.2 Å². The van der Waals surface area contributed by atoms with Gasteiger partial charge in [-0.2, -0.15) is 13.2 Å². The van der Waals surface area contributed by atoms with Gasteiger partial charge in [-0.1, -0.05) is 31.5 Å².